The zero-order valence-electron chi connectivity index (χ0n) is 16.8. The topological polar surface area (TPSA) is 41.6 Å². The zero-order valence-corrected chi connectivity index (χ0v) is 17.6. The number of benzene rings is 2. The minimum atomic E-state index is 0.117. The van der Waals surface area contributed by atoms with E-state index in [1.165, 1.54) is 28.9 Å². The van der Waals surface area contributed by atoms with E-state index in [4.69, 9.17) is 4.74 Å². The molecule has 1 heterocycles. The second-order valence-corrected chi connectivity index (χ2v) is 8.42. The van der Waals surface area contributed by atoms with Crippen molar-refractivity contribution in [3.8, 4) is 5.75 Å². The van der Waals surface area contributed by atoms with Crippen molar-refractivity contribution in [1.82, 2.24) is 10.2 Å². The van der Waals surface area contributed by atoms with E-state index in [0.717, 1.165) is 24.6 Å². The molecule has 0 radical (unpaired) electrons. The number of ether oxygens (including phenoxy) is 1. The normalized spacial score (nSPS) is 15.4. The Bertz CT molecular complexity index is 757. The number of carbonyl (C=O) groups excluding carboxylic acids is 1. The number of nitrogens with zero attached hydrogens (tertiary/aromatic N) is 1. The number of likely N-dealkylation sites (tertiary alicyclic amines) is 1. The average molecular weight is 399 g/mol. The van der Waals surface area contributed by atoms with E-state index in [0.29, 0.717) is 13.0 Å². The van der Waals surface area contributed by atoms with Crippen LogP contribution in [-0.2, 0) is 4.79 Å². The summed E-state index contributed by atoms with van der Waals surface area (Å²) in [5.41, 5.74) is 2.46. The molecule has 1 saturated heterocycles. The van der Waals surface area contributed by atoms with Gasteiger partial charge in [-0.2, -0.15) is 0 Å². The molecule has 0 aliphatic carbocycles. The van der Waals surface area contributed by atoms with E-state index in [-0.39, 0.29) is 11.9 Å². The number of amides is 1. The summed E-state index contributed by atoms with van der Waals surface area (Å²) in [6.45, 7) is 4.89. The first-order valence-corrected chi connectivity index (χ1v) is 11.0. The van der Waals surface area contributed by atoms with Gasteiger partial charge < -0.3 is 10.1 Å². The molecule has 28 heavy (non-hydrogen) atoms. The van der Waals surface area contributed by atoms with Crippen molar-refractivity contribution >= 4 is 17.7 Å². The summed E-state index contributed by atoms with van der Waals surface area (Å²) in [7, 11) is 1.69. The molecule has 0 bridgehead atoms. The Kier molecular flexibility index (Phi) is 7.80. The molecule has 2 aromatic carbocycles. The van der Waals surface area contributed by atoms with Crippen LogP contribution >= 0.6 is 11.8 Å². The number of hydrogen-bond acceptors (Lipinski definition) is 4. The summed E-state index contributed by atoms with van der Waals surface area (Å²) < 4.78 is 5.39. The van der Waals surface area contributed by atoms with Gasteiger partial charge in [0.1, 0.15) is 5.75 Å². The Morgan fingerprint density at radius 2 is 1.93 bits per heavy atom. The highest BCUT2D eigenvalue weighted by Gasteiger charge is 2.24. The molecule has 2 aromatic rings. The lowest BCUT2D eigenvalue weighted by Crippen LogP contribution is -2.36. The van der Waals surface area contributed by atoms with Gasteiger partial charge in [-0.3, -0.25) is 9.69 Å². The van der Waals surface area contributed by atoms with Crippen LogP contribution in [0.25, 0.3) is 0 Å². The summed E-state index contributed by atoms with van der Waals surface area (Å²) in [5, 5.41) is 3.16. The van der Waals surface area contributed by atoms with Gasteiger partial charge in [0.15, 0.2) is 0 Å². The SMILES string of the molecule is COc1cccc(C(CNC(=O)CCSc2ccc(C)cc2)N2CCCC2)c1. The van der Waals surface area contributed by atoms with Crippen LogP contribution in [0.4, 0.5) is 0 Å². The third kappa shape index (κ3) is 6.01. The molecule has 0 aromatic heterocycles. The van der Waals surface area contributed by atoms with Crippen LogP contribution in [0.2, 0.25) is 0 Å². The minimum absolute atomic E-state index is 0.117. The van der Waals surface area contributed by atoms with Crippen molar-refractivity contribution in [2.24, 2.45) is 0 Å². The highest BCUT2D eigenvalue weighted by Crippen LogP contribution is 2.27. The number of aryl methyl sites for hydroxylation is 1. The molecule has 1 aliphatic rings. The lowest BCUT2D eigenvalue weighted by Gasteiger charge is -2.28. The predicted molar refractivity (Wildman–Crippen MR) is 116 cm³/mol. The van der Waals surface area contributed by atoms with Crippen molar-refractivity contribution in [3.05, 3.63) is 59.7 Å². The van der Waals surface area contributed by atoms with E-state index in [9.17, 15) is 4.79 Å². The minimum Gasteiger partial charge on any atom is -0.497 e. The van der Waals surface area contributed by atoms with Crippen LogP contribution < -0.4 is 10.1 Å². The lowest BCUT2D eigenvalue weighted by molar-refractivity contribution is -0.120. The van der Waals surface area contributed by atoms with Crippen LogP contribution in [0.3, 0.4) is 0 Å². The van der Waals surface area contributed by atoms with E-state index >= 15 is 0 Å². The molecule has 1 atom stereocenters. The molecule has 1 amide bonds. The molecule has 150 valence electrons. The first-order valence-electron chi connectivity index (χ1n) is 10.00. The number of carbonyl (C=O) groups is 1. The second-order valence-electron chi connectivity index (χ2n) is 7.25. The molecule has 5 heteroatoms. The van der Waals surface area contributed by atoms with Gasteiger partial charge in [0.2, 0.25) is 5.91 Å². The van der Waals surface area contributed by atoms with Gasteiger partial charge in [0, 0.05) is 23.6 Å². The largest absolute Gasteiger partial charge is 0.497 e. The Hall–Kier alpha value is -1.98. The van der Waals surface area contributed by atoms with Gasteiger partial charge in [-0.25, -0.2) is 0 Å². The summed E-state index contributed by atoms with van der Waals surface area (Å²) in [6, 6.07) is 16.9. The fraction of sp³-hybridized carbons (Fsp3) is 0.435. The third-order valence-electron chi connectivity index (χ3n) is 5.17. The Balaban J connectivity index is 1.52. The van der Waals surface area contributed by atoms with Crippen LogP contribution in [0.15, 0.2) is 53.4 Å². The van der Waals surface area contributed by atoms with Crippen LogP contribution in [-0.4, -0.2) is 43.3 Å². The fourth-order valence-corrected chi connectivity index (χ4v) is 4.41. The summed E-state index contributed by atoms with van der Waals surface area (Å²) in [5.74, 6) is 1.77. The maximum Gasteiger partial charge on any atom is 0.220 e. The molecule has 0 spiro atoms. The monoisotopic (exact) mass is 398 g/mol. The molecular weight excluding hydrogens is 368 g/mol. The van der Waals surface area contributed by atoms with E-state index in [1.54, 1.807) is 18.9 Å². The van der Waals surface area contributed by atoms with Gasteiger partial charge in [-0.1, -0.05) is 29.8 Å². The van der Waals surface area contributed by atoms with E-state index in [1.807, 2.05) is 12.1 Å². The summed E-state index contributed by atoms with van der Waals surface area (Å²) in [6.07, 6.45) is 2.98. The van der Waals surface area contributed by atoms with Crippen LogP contribution in [0.1, 0.15) is 36.4 Å². The Labute approximate surface area is 172 Å². The third-order valence-corrected chi connectivity index (χ3v) is 6.19. The predicted octanol–water partition coefficient (Wildman–Crippen LogP) is 4.44. The smallest absolute Gasteiger partial charge is 0.220 e. The number of nitrogens with one attached hydrogen (secondary N) is 1. The van der Waals surface area contributed by atoms with Crippen molar-refractivity contribution in [2.75, 3.05) is 32.5 Å². The Morgan fingerprint density at radius 1 is 1.18 bits per heavy atom. The second kappa shape index (κ2) is 10.5. The van der Waals surface area contributed by atoms with Gasteiger partial charge in [-0.15, -0.1) is 11.8 Å². The maximum absolute atomic E-state index is 12.4. The van der Waals surface area contributed by atoms with Crippen molar-refractivity contribution < 1.29 is 9.53 Å². The molecule has 4 nitrogen and oxygen atoms in total. The number of thioether (sulfide) groups is 1. The van der Waals surface area contributed by atoms with Crippen LogP contribution in [0, 0.1) is 6.92 Å². The maximum atomic E-state index is 12.4. The van der Waals surface area contributed by atoms with Crippen molar-refractivity contribution in [2.45, 2.75) is 37.1 Å². The summed E-state index contributed by atoms with van der Waals surface area (Å²) in [4.78, 5) is 16.1. The molecule has 0 saturated carbocycles. The molecule has 1 unspecified atom stereocenters. The van der Waals surface area contributed by atoms with E-state index in [2.05, 4.69) is 53.5 Å². The number of rotatable bonds is 9. The first kappa shape index (κ1) is 20.7. The summed E-state index contributed by atoms with van der Waals surface area (Å²) >= 11 is 1.73. The van der Waals surface area contributed by atoms with Gasteiger partial charge >= 0.3 is 0 Å². The highest BCUT2D eigenvalue weighted by atomic mass is 32.2. The first-order chi connectivity index (χ1) is 13.7. The molecule has 1 fully saturated rings. The van der Waals surface area contributed by atoms with Gasteiger partial charge in [0.05, 0.1) is 13.2 Å². The molecule has 1 N–H and O–H groups in total. The molecule has 1 aliphatic heterocycles. The quantitative estimate of drug-likeness (QED) is 0.634. The standard InChI is InChI=1S/C23H30N2O2S/c1-18-8-10-21(11-9-18)28-15-12-23(26)24-17-22(25-13-3-4-14-25)19-6-5-7-20(16-19)27-2/h5-11,16,22H,3-4,12-15,17H2,1-2H3,(H,24,26). The van der Waals surface area contributed by atoms with E-state index < -0.39 is 0 Å². The van der Waals surface area contributed by atoms with Crippen LogP contribution in [0.5, 0.6) is 5.75 Å². The molecular formula is C23H30N2O2S. The van der Waals surface area contributed by atoms with Gasteiger partial charge in [0.25, 0.3) is 0 Å². The van der Waals surface area contributed by atoms with Gasteiger partial charge in [-0.05, 0) is 62.7 Å². The zero-order chi connectivity index (χ0) is 19.8. The molecule has 3 rings (SSSR count). The highest BCUT2D eigenvalue weighted by molar-refractivity contribution is 7.99. The number of hydrogen-bond donors (Lipinski definition) is 1. The average Bonchev–Trinajstić information content (AvgIpc) is 3.24. The van der Waals surface area contributed by atoms with Crippen molar-refractivity contribution in [3.63, 3.8) is 0 Å². The van der Waals surface area contributed by atoms with Crippen molar-refractivity contribution in [1.29, 1.82) is 0 Å². The lowest BCUT2D eigenvalue weighted by atomic mass is 10.0. The Morgan fingerprint density at radius 3 is 2.64 bits per heavy atom. The number of methoxy groups -OCH3 is 1. The fourth-order valence-electron chi connectivity index (χ4n) is 3.55.